The van der Waals surface area contributed by atoms with Gasteiger partial charge in [-0.05, 0) is 31.5 Å². The number of β-amino-alcohol motifs (C(OH)–C–C–N with tert-alkyl or cyclic N) is 1. The first-order valence-corrected chi connectivity index (χ1v) is 7.27. The molecule has 1 atom stereocenters. The molecule has 2 N–H and O–H groups in total. The molecule has 0 amide bonds. The zero-order chi connectivity index (χ0) is 15.5. The number of nitrogens with one attached hydrogen (secondary N) is 1. The molecule has 0 aliphatic carbocycles. The largest absolute Gasteiger partial charge is 0.395 e. The number of rotatable bonds is 5. The molecule has 22 heavy (non-hydrogen) atoms. The number of nitrogens with zero attached hydrogens (tertiary/aromatic N) is 5. The van der Waals surface area contributed by atoms with E-state index < -0.39 is 12.2 Å². The molecule has 0 saturated carbocycles. The van der Waals surface area contributed by atoms with E-state index in [9.17, 15) is 8.78 Å². The molecule has 3 rings (SSSR count). The van der Waals surface area contributed by atoms with Crippen molar-refractivity contribution in [1.29, 1.82) is 0 Å². The number of alkyl halides is 2. The van der Waals surface area contributed by atoms with Crippen LogP contribution in [0.3, 0.4) is 0 Å². The van der Waals surface area contributed by atoms with Crippen molar-refractivity contribution >= 4 is 11.5 Å². The number of aliphatic hydroxyl groups is 1. The van der Waals surface area contributed by atoms with Crippen LogP contribution in [-0.2, 0) is 0 Å². The Balaban J connectivity index is 1.74. The second kappa shape index (κ2) is 6.49. The predicted molar refractivity (Wildman–Crippen MR) is 75.9 cm³/mol. The van der Waals surface area contributed by atoms with E-state index >= 15 is 0 Å². The Kier molecular flexibility index (Phi) is 4.44. The summed E-state index contributed by atoms with van der Waals surface area (Å²) < 4.78 is 26.8. The molecule has 1 unspecified atom stereocenters. The van der Waals surface area contributed by atoms with Gasteiger partial charge in [-0.15, -0.1) is 15.3 Å². The van der Waals surface area contributed by atoms with Crippen LogP contribution in [0.1, 0.15) is 25.1 Å². The van der Waals surface area contributed by atoms with Crippen molar-refractivity contribution in [2.45, 2.75) is 25.3 Å². The molecule has 120 valence electrons. The van der Waals surface area contributed by atoms with E-state index in [1.165, 1.54) is 0 Å². The second-order valence-corrected chi connectivity index (χ2v) is 5.36. The lowest BCUT2D eigenvalue weighted by molar-refractivity contribution is 0.137. The first-order valence-electron chi connectivity index (χ1n) is 7.27. The smallest absolute Gasteiger partial charge is 0.299 e. The average molecular weight is 312 g/mol. The van der Waals surface area contributed by atoms with Crippen molar-refractivity contribution in [3.63, 3.8) is 0 Å². The van der Waals surface area contributed by atoms with E-state index in [2.05, 4.69) is 25.5 Å². The van der Waals surface area contributed by atoms with Crippen LogP contribution in [-0.4, -0.2) is 62.1 Å². The van der Waals surface area contributed by atoms with Crippen LogP contribution in [0.4, 0.5) is 14.6 Å². The molecule has 2 aromatic heterocycles. The zero-order valence-corrected chi connectivity index (χ0v) is 12.0. The first-order chi connectivity index (χ1) is 10.7. The highest BCUT2D eigenvalue weighted by Crippen LogP contribution is 2.19. The maximum atomic E-state index is 12.8. The Bertz CT molecular complexity index is 632. The third kappa shape index (κ3) is 3.14. The van der Waals surface area contributed by atoms with Gasteiger partial charge < -0.3 is 10.4 Å². The Morgan fingerprint density at radius 1 is 1.36 bits per heavy atom. The van der Waals surface area contributed by atoms with Crippen molar-refractivity contribution in [1.82, 2.24) is 24.7 Å². The second-order valence-electron chi connectivity index (χ2n) is 5.36. The average Bonchev–Trinajstić information content (AvgIpc) is 2.91. The number of piperidine rings is 1. The number of halogens is 2. The molecular weight excluding hydrogens is 294 g/mol. The minimum Gasteiger partial charge on any atom is -0.395 e. The standard InChI is InChI=1S/C13H18F2N6O/c14-12(15)13-18-17-11-4-3-10(19-21(11)13)16-9-2-1-5-20(8-9)6-7-22/h3-4,9,12,22H,1-2,5-8H2,(H,16,19). The van der Waals surface area contributed by atoms with Gasteiger partial charge in [-0.1, -0.05) is 0 Å². The lowest BCUT2D eigenvalue weighted by atomic mass is 10.1. The fourth-order valence-electron chi connectivity index (χ4n) is 2.75. The summed E-state index contributed by atoms with van der Waals surface area (Å²) >= 11 is 0. The normalized spacial score (nSPS) is 19.9. The minimum atomic E-state index is -2.72. The predicted octanol–water partition coefficient (Wildman–Crippen LogP) is 0.930. The van der Waals surface area contributed by atoms with E-state index in [0.29, 0.717) is 18.0 Å². The van der Waals surface area contributed by atoms with Gasteiger partial charge in [0.05, 0.1) is 6.61 Å². The molecule has 1 aliphatic rings. The summed E-state index contributed by atoms with van der Waals surface area (Å²) in [6, 6.07) is 3.50. The van der Waals surface area contributed by atoms with E-state index in [0.717, 1.165) is 30.4 Å². The number of likely N-dealkylation sites (tertiary alicyclic amines) is 1. The fraction of sp³-hybridized carbons (Fsp3) is 0.615. The van der Waals surface area contributed by atoms with Crippen LogP contribution in [0.2, 0.25) is 0 Å². The van der Waals surface area contributed by atoms with Gasteiger partial charge in [-0.25, -0.2) is 8.78 Å². The SMILES string of the molecule is OCCN1CCCC(Nc2ccc3nnc(C(F)F)n3n2)C1. The van der Waals surface area contributed by atoms with Crippen molar-refractivity contribution < 1.29 is 13.9 Å². The van der Waals surface area contributed by atoms with Crippen LogP contribution in [0.25, 0.3) is 5.65 Å². The molecule has 7 nitrogen and oxygen atoms in total. The van der Waals surface area contributed by atoms with E-state index in [-0.39, 0.29) is 12.6 Å². The number of aromatic nitrogens is 4. The Labute approximate surface area is 125 Å². The van der Waals surface area contributed by atoms with Crippen molar-refractivity contribution in [2.75, 3.05) is 31.6 Å². The molecule has 0 radical (unpaired) electrons. The molecular formula is C13H18F2N6O. The molecule has 0 spiro atoms. The highest BCUT2D eigenvalue weighted by molar-refractivity contribution is 5.44. The van der Waals surface area contributed by atoms with Gasteiger partial charge in [0.2, 0.25) is 5.82 Å². The molecule has 0 bridgehead atoms. The molecule has 3 heterocycles. The summed E-state index contributed by atoms with van der Waals surface area (Å²) in [5, 5.41) is 23.6. The van der Waals surface area contributed by atoms with Crippen LogP contribution in [0.5, 0.6) is 0 Å². The summed E-state index contributed by atoms with van der Waals surface area (Å²) in [5.74, 6) is 0.0641. The summed E-state index contributed by atoms with van der Waals surface area (Å²) in [6.45, 7) is 2.54. The Morgan fingerprint density at radius 3 is 3.00 bits per heavy atom. The lowest BCUT2D eigenvalue weighted by Gasteiger charge is -2.32. The Morgan fingerprint density at radius 2 is 2.23 bits per heavy atom. The fourth-order valence-corrected chi connectivity index (χ4v) is 2.75. The third-order valence-electron chi connectivity index (χ3n) is 3.76. The van der Waals surface area contributed by atoms with Crippen LogP contribution >= 0.6 is 0 Å². The van der Waals surface area contributed by atoms with Gasteiger partial charge in [0.15, 0.2) is 5.65 Å². The maximum absolute atomic E-state index is 12.8. The number of aliphatic hydroxyl groups excluding tert-OH is 1. The third-order valence-corrected chi connectivity index (χ3v) is 3.76. The quantitative estimate of drug-likeness (QED) is 0.855. The van der Waals surface area contributed by atoms with Gasteiger partial charge in [0.1, 0.15) is 5.82 Å². The molecule has 1 aliphatic heterocycles. The highest BCUT2D eigenvalue weighted by atomic mass is 19.3. The molecule has 9 heteroatoms. The zero-order valence-electron chi connectivity index (χ0n) is 12.0. The molecule has 1 saturated heterocycles. The van der Waals surface area contributed by atoms with E-state index in [4.69, 9.17) is 5.11 Å². The van der Waals surface area contributed by atoms with Crippen molar-refractivity contribution in [3.05, 3.63) is 18.0 Å². The summed E-state index contributed by atoms with van der Waals surface area (Å²) in [6.07, 6.45) is -0.715. The van der Waals surface area contributed by atoms with Crippen LogP contribution < -0.4 is 5.32 Å². The maximum Gasteiger partial charge on any atom is 0.299 e. The van der Waals surface area contributed by atoms with Crippen LogP contribution in [0.15, 0.2) is 12.1 Å². The van der Waals surface area contributed by atoms with Crippen LogP contribution in [0, 0.1) is 0 Å². The van der Waals surface area contributed by atoms with Gasteiger partial charge in [0.25, 0.3) is 6.43 Å². The summed E-state index contributed by atoms with van der Waals surface area (Å²) in [4.78, 5) is 2.17. The molecule has 2 aromatic rings. The summed E-state index contributed by atoms with van der Waals surface area (Å²) in [7, 11) is 0. The van der Waals surface area contributed by atoms with Crippen molar-refractivity contribution in [2.24, 2.45) is 0 Å². The van der Waals surface area contributed by atoms with E-state index in [1.807, 2.05) is 0 Å². The summed E-state index contributed by atoms with van der Waals surface area (Å²) in [5.41, 5.74) is 0.298. The topological polar surface area (TPSA) is 78.6 Å². The van der Waals surface area contributed by atoms with Gasteiger partial charge in [-0.2, -0.15) is 4.52 Å². The van der Waals surface area contributed by atoms with Crippen molar-refractivity contribution in [3.8, 4) is 0 Å². The minimum absolute atomic E-state index is 0.134. The van der Waals surface area contributed by atoms with Gasteiger partial charge in [0, 0.05) is 19.1 Å². The number of anilines is 1. The van der Waals surface area contributed by atoms with Gasteiger partial charge in [-0.3, -0.25) is 4.90 Å². The number of fused-ring (bicyclic) bond motifs is 1. The molecule has 1 fully saturated rings. The number of hydrogen-bond donors (Lipinski definition) is 2. The van der Waals surface area contributed by atoms with E-state index in [1.54, 1.807) is 12.1 Å². The van der Waals surface area contributed by atoms with Gasteiger partial charge >= 0.3 is 0 Å². The lowest BCUT2D eigenvalue weighted by Crippen LogP contribution is -2.43. The Hall–Kier alpha value is -1.87. The number of hydrogen-bond acceptors (Lipinski definition) is 6. The molecule has 0 aromatic carbocycles. The first kappa shape index (κ1) is 15.0. The highest BCUT2D eigenvalue weighted by Gasteiger charge is 2.21. The monoisotopic (exact) mass is 312 g/mol.